The maximum Gasteiger partial charge on any atom is 4.00 e. The molecule has 0 amide bonds. The van der Waals surface area contributed by atoms with Gasteiger partial charge in [0.1, 0.15) is 0 Å². The van der Waals surface area contributed by atoms with Crippen molar-refractivity contribution in [1.82, 2.24) is 0 Å². The van der Waals surface area contributed by atoms with E-state index in [0.29, 0.717) is 5.92 Å². The molecular weight excluding hydrogens is 271 g/mol. The minimum absolute atomic E-state index is 0. The molecule has 0 aliphatic carbocycles. The fraction of sp³-hybridized carbons (Fsp3) is 0.500. The second-order valence-corrected chi connectivity index (χ2v) is 1.11. The normalized spacial score (nSPS) is 5.14. The van der Waals surface area contributed by atoms with E-state index in [0.717, 1.165) is 0 Å². The summed E-state index contributed by atoms with van der Waals surface area (Å²) in [4.78, 5) is 0. The average molecular weight is 283 g/mol. The summed E-state index contributed by atoms with van der Waals surface area (Å²) >= 11 is 0. The maximum absolute atomic E-state index is 3.53. The molecule has 0 spiro atoms. The van der Waals surface area contributed by atoms with Gasteiger partial charge in [-0.15, -0.1) is 6.92 Å². The first-order valence-corrected chi connectivity index (χ1v) is 1.39. The molecule has 3 heteroatoms. The van der Waals surface area contributed by atoms with E-state index in [9.17, 15) is 0 Å². The molecule has 0 aromatic rings. The molecule has 2 nitrogen and oxygen atoms in total. The van der Waals surface area contributed by atoms with Crippen LogP contribution in [-0.4, -0.2) is 0 Å². The van der Waals surface area contributed by atoms with Crippen LogP contribution in [-0.2, 0) is 21.1 Å². The quantitative estimate of drug-likeness (QED) is 0.613. The van der Waals surface area contributed by atoms with Crippen molar-refractivity contribution in [2.75, 3.05) is 0 Å². The van der Waals surface area contributed by atoms with Crippen LogP contribution in [0.25, 0.3) is 12.3 Å². The summed E-state index contributed by atoms with van der Waals surface area (Å²) in [5.41, 5.74) is 0. The second kappa shape index (κ2) is 16.0. The van der Waals surface area contributed by atoms with Crippen LogP contribution in [0.15, 0.2) is 0 Å². The summed E-state index contributed by atoms with van der Waals surface area (Å²) in [5, 5.41) is 0. The predicted octanol–water partition coefficient (Wildman–Crippen LogP) is 2.72. The van der Waals surface area contributed by atoms with Crippen LogP contribution >= 0.6 is 0 Å². The molecule has 4 N–H and O–H groups in total. The first kappa shape index (κ1) is 25.5. The van der Waals surface area contributed by atoms with Crippen molar-refractivity contribution in [1.29, 1.82) is 0 Å². The molecule has 0 aromatic heterocycles. The molecule has 0 bridgehead atoms. The minimum Gasteiger partial charge on any atom is -0.693 e. The van der Waals surface area contributed by atoms with Crippen molar-refractivity contribution in [3.05, 3.63) is 26.1 Å². The summed E-state index contributed by atoms with van der Waals surface area (Å²) in [5.74, 6) is 0.333. The van der Waals surface area contributed by atoms with Crippen LogP contribution in [0.2, 0.25) is 0 Å². The van der Waals surface area contributed by atoms with Crippen LogP contribution in [0.1, 0.15) is 6.92 Å². The molecule has 0 unspecified atom stereocenters. The van der Waals surface area contributed by atoms with Crippen molar-refractivity contribution in [2.45, 2.75) is 6.92 Å². The van der Waals surface area contributed by atoms with Crippen LogP contribution in [0, 0.1) is 19.8 Å². The third kappa shape index (κ3) is 379. The third-order valence-electron chi connectivity index (χ3n) is 0. The second-order valence-electron chi connectivity index (χ2n) is 1.11. The van der Waals surface area contributed by atoms with Gasteiger partial charge in [0.2, 0.25) is 0 Å². The van der Waals surface area contributed by atoms with E-state index in [1.807, 2.05) is 6.92 Å². The first-order valence-electron chi connectivity index (χ1n) is 1.39. The third-order valence-corrected chi connectivity index (χ3v) is 0. The topological polar surface area (TPSA) is 67.0 Å². The van der Waals surface area contributed by atoms with Gasteiger partial charge in [0.05, 0.1) is 0 Å². The Morgan fingerprint density at radius 2 is 1.14 bits per heavy atom. The maximum atomic E-state index is 3.53. The van der Waals surface area contributed by atoms with Crippen LogP contribution in [0.3, 0.4) is 0 Å². The number of hydrogen-bond donors (Lipinski definition) is 0. The Kier molecular flexibility index (Phi) is 58.2. The first-order chi connectivity index (χ1) is 1.73. The molecule has 0 rings (SSSR count). The van der Waals surface area contributed by atoms with E-state index >= 15 is 0 Å². The Hall–Kier alpha value is 0.608. The molecule has 0 saturated carbocycles. The Labute approximate surface area is 60.5 Å². The van der Waals surface area contributed by atoms with Gasteiger partial charge in [-0.3, -0.25) is 0 Å². The zero-order valence-electron chi connectivity index (χ0n) is 4.46. The van der Waals surface area contributed by atoms with Gasteiger partial charge in [0.25, 0.3) is 0 Å². The Balaban J connectivity index is -0.0000000150. The van der Waals surface area contributed by atoms with Crippen molar-refractivity contribution < 1.29 is 21.1 Å². The summed E-state index contributed by atoms with van der Waals surface area (Å²) in [6, 6.07) is 0. The molecule has 0 aromatic carbocycles. The van der Waals surface area contributed by atoms with Gasteiger partial charge >= 0.3 is 21.1 Å². The van der Waals surface area contributed by atoms with E-state index in [4.69, 9.17) is 0 Å². The largest absolute Gasteiger partial charge is 4.00 e. The Morgan fingerprint density at radius 3 is 1.14 bits per heavy atom. The van der Waals surface area contributed by atoms with E-state index in [2.05, 4.69) is 13.8 Å². The predicted molar refractivity (Wildman–Crippen MR) is 30.4 cm³/mol. The molecule has 7 heavy (non-hydrogen) atoms. The smallest absolute Gasteiger partial charge is 0.693 e. The molecule has 48 valence electrons. The summed E-state index contributed by atoms with van der Waals surface area (Å²) in [6.07, 6.45) is 0. The van der Waals surface area contributed by atoms with E-state index in [1.54, 1.807) is 0 Å². The van der Waals surface area contributed by atoms with Gasteiger partial charge in [-0.05, 0) is 0 Å². The summed E-state index contributed by atoms with van der Waals surface area (Å²) in [7, 11) is 0. The molecule has 0 atom stereocenters. The Bertz CT molecular complexity index is 14.4. The van der Waals surface area contributed by atoms with Crippen molar-refractivity contribution in [3.8, 4) is 0 Å². The van der Waals surface area contributed by atoms with Crippen LogP contribution in [0.5, 0.6) is 0 Å². The standard InChI is InChI=1S/C4H8.2H2N.Pt/c1-4(2)3;;;/h4H,1-2H2,3H3;2*1H2;/q-2;2*-1;+4. The number of hydrogen-bond acceptors (Lipinski definition) is 0. The molecule has 0 aliphatic heterocycles. The van der Waals surface area contributed by atoms with Crippen LogP contribution < -0.4 is 0 Å². The monoisotopic (exact) mass is 283 g/mol. The summed E-state index contributed by atoms with van der Waals surface area (Å²) in [6.45, 7) is 9.00. The van der Waals surface area contributed by atoms with Gasteiger partial charge in [0, 0.05) is 0 Å². The minimum atomic E-state index is 0. The van der Waals surface area contributed by atoms with Gasteiger partial charge < -0.3 is 32.1 Å². The molecule has 0 heterocycles. The molecule has 0 aliphatic rings. The SMILES string of the molecule is [CH2-]C([CH2-])C.[NH2-].[NH2-].[Pt+4]. The van der Waals surface area contributed by atoms with E-state index in [1.165, 1.54) is 0 Å². The van der Waals surface area contributed by atoms with Crippen LogP contribution in [0.4, 0.5) is 0 Å². The van der Waals surface area contributed by atoms with Crippen molar-refractivity contribution in [2.24, 2.45) is 5.92 Å². The van der Waals surface area contributed by atoms with E-state index < -0.39 is 0 Å². The van der Waals surface area contributed by atoms with Crippen molar-refractivity contribution >= 4 is 0 Å². The Morgan fingerprint density at radius 1 is 1.14 bits per heavy atom. The molecule has 0 radical (unpaired) electrons. The molecular formula is C4H12N2Pt. The number of rotatable bonds is 0. The fourth-order valence-corrected chi connectivity index (χ4v) is 0. The van der Waals surface area contributed by atoms with Gasteiger partial charge in [-0.2, -0.15) is 0 Å². The zero-order chi connectivity index (χ0) is 3.58. The van der Waals surface area contributed by atoms with Gasteiger partial charge in [-0.25, -0.2) is 0 Å². The average Bonchev–Trinajstić information content (AvgIpc) is 0.811. The van der Waals surface area contributed by atoms with Gasteiger partial charge in [-0.1, -0.05) is 0 Å². The zero-order valence-corrected chi connectivity index (χ0v) is 6.73. The van der Waals surface area contributed by atoms with Gasteiger partial charge in [0.15, 0.2) is 0 Å². The molecule has 0 fully saturated rings. The number of nitrogens with two attached hydrogens (primary N) is 2. The molecule has 0 saturated heterocycles. The van der Waals surface area contributed by atoms with Crippen molar-refractivity contribution in [3.63, 3.8) is 0 Å². The summed E-state index contributed by atoms with van der Waals surface area (Å²) < 4.78 is 0. The fourth-order valence-electron chi connectivity index (χ4n) is 0. The van der Waals surface area contributed by atoms with E-state index in [-0.39, 0.29) is 33.4 Å².